The normalized spacial score (nSPS) is 12.0. The van der Waals surface area contributed by atoms with Crippen LogP contribution < -0.4 is 88.7 Å². The molecule has 0 amide bonds. The van der Waals surface area contributed by atoms with Crippen molar-refractivity contribution in [3.63, 3.8) is 0 Å². The molecule has 0 radical (unpaired) electrons. The van der Waals surface area contributed by atoms with Gasteiger partial charge in [-0.1, -0.05) is 0 Å². The van der Waals surface area contributed by atoms with E-state index in [1.165, 1.54) is 0 Å². The van der Waals surface area contributed by atoms with Gasteiger partial charge in [0.05, 0.1) is 20.9 Å². The smallest absolute Gasteiger partial charge is 0.507 e. The minimum Gasteiger partial charge on any atom is -0.507 e. The number of phenols is 2. The maximum atomic E-state index is 11.8. The first-order valence-corrected chi connectivity index (χ1v) is 12.4. The summed E-state index contributed by atoms with van der Waals surface area (Å²) in [6.07, 6.45) is 0. The van der Waals surface area contributed by atoms with Crippen LogP contribution in [0.25, 0.3) is 10.8 Å². The standard InChI is InChI=1S/C16H12N2O11S3.3Na/c19-12-7-11(31(24,25)26)5-8-6-13(32(27,28)29)15(16(20)14(8)12)18-17-9-1-3-10(4-2-9)30(21,22)23;;;/h1-7,19-20H,(H,21,22,23)(H,24,25,26)(H,27,28,29);;;/q;3*+1. The predicted octanol–water partition coefficient (Wildman–Crippen LogP) is -6.58. The van der Waals surface area contributed by atoms with E-state index < -0.39 is 67.6 Å². The van der Waals surface area contributed by atoms with Crippen LogP contribution in [0.2, 0.25) is 0 Å². The van der Waals surface area contributed by atoms with Crippen LogP contribution >= 0.6 is 0 Å². The van der Waals surface area contributed by atoms with Gasteiger partial charge in [0.15, 0.2) is 5.75 Å². The molecule has 3 aromatic rings. The molecule has 19 heteroatoms. The van der Waals surface area contributed by atoms with Crippen LogP contribution in [0.4, 0.5) is 11.4 Å². The van der Waals surface area contributed by atoms with Gasteiger partial charge < -0.3 is 10.2 Å². The first-order chi connectivity index (χ1) is 14.6. The van der Waals surface area contributed by atoms with Gasteiger partial charge in [-0.25, -0.2) is 0 Å². The second-order valence-electron chi connectivity index (χ2n) is 6.23. The van der Waals surface area contributed by atoms with Crippen LogP contribution in [0.5, 0.6) is 11.5 Å². The molecule has 0 heterocycles. The average Bonchev–Trinajstić information content (AvgIpc) is 2.64. The van der Waals surface area contributed by atoms with E-state index in [0.29, 0.717) is 12.1 Å². The van der Waals surface area contributed by atoms with Crippen molar-refractivity contribution in [3.8, 4) is 11.5 Å². The van der Waals surface area contributed by atoms with Gasteiger partial charge in [0, 0.05) is 6.07 Å². The molecular weight excluding hydrogens is 561 g/mol. The van der Waals surface area contributed by atoms with Crippen molar-refractivity contribution >= 4 is 52.5 Å². The Kier molecular flexibility index (Phi) is 12.5. The number of fused-ring (bicyclic) bond motifs is 1. The van der Waals surface area contributed by atoms with Crippen molar-refractivity contribution in [2.75, 3.05) is 0 Å². The topological polar surface area (TPSA) is 228 Å². The third-order valence-corrected chi connectivity index (χ3v) is 6.64. The molecule has 170 valence electrons. The van der Waals surface area contributed by atoms with Crippen LogP contribution in [-0.4, -0.2) is 49.1 Å². The van der Waals surface area contributed by atoms with Gasteiger partial charge in [0.25, 0.3) is 30.4 Å². The average molecular weight is 573 g/mol. The summed E-state index contributed by atoms with van der Waals surface area (Å²) in [6, 6.07) is 6.15. The zero-order valence-corrected chi connectivity index (χ0v) is 26.8. The molecule has 13 nitrogen and oxygen atoms in total. The molecule has 0 spiro atoms. The van der Waals surface area contributed by atoms with Crippen LogP contribution in [0.1, 0.15) is 0 Å². The van der Waals surface area contributed by atoms with Gasteiger partial charge in [-0.05, 0) is 41.8 Å². The molecule has 3 aromatic carbocycles. The molecule has 0 saturated carbocycles. The Bertz CT molecular complexity index is 1610. The van der Waals surface area contributed by atoms with Crippen LogP contribution in [0, 0.1) is 0 Å². The van der Waals surface area contributed by atoms with Crippen LogP contribution in [0.3, 0.4) is 0 Å². The van der Waals surface area contributed by atoms with Crippen LogP contribution in [-0.2, 0) is 30.4 Å². The molecule has 0 aliphatic carbocycles. The third-order valence-electron chi connectivity index (χ3n) is 4.08. The number of rotatable bonds is 5. The Balaban J connectivity index is 0.00000385. The number of azo groups is 1. The number of aromatic hydroxyl groups is 2. The second-order valence-corrected chi connectivity index (χ2v) is 10.5. The predicted molar refractivity (Wildman–Crippen MR) is 107 cm³/mol. The van der Waals surface area contributed by atoms with E-state index in [4.69, 9.17) is 9.11 Å². The van der Waals surface area contributed by atoms with E-state index in [-0.39, 0.29) is 99.7 Å². The molecule has 0 bridgehead atoms. The maximum Gasteiger partial charge on any atom is 1.00 e. The number of hydrogen-bond donors (Lipinski definition) is 5. The van der Waals surface area contributed by atoms with Gasteiger partial charge in [-0.2, -0.15) is 30.4 Å². The molecule has 0 aliphatic heterocycles. The summed E-state index contributed by atoms with van der Waals surface area (Å²) >= 11 is 0. The monoisotopic (exact) mass is 573 g/mol. The number of hydrogen-bond acceptors (Lipinski definition) is 10. The van der Waals surface area contributed by atoms with Crippen molar-refractivity contribution < 1.29 is 138 Å². The van der Waals surface area contributed by atoms with E-state index >= 15 is 0 Å². The molecule has 0 atom stereocenters. The quantitative estimate of drug-likeness (QED) is 0.109. The van der Waals surface area contributed by atoms with Crippen molar-refractivity contribution in [2.45, 2.75) is 14.7 Å². The minimum absolute atomic E-state index is 0. The Morgan fingerprint density at radius 3 is 1.60 bits per heavy atom. The first-order valence-electron chi connectivity index (χ1n) is 8.06. The number of benzene rings is 3. The van der Waals surface area contributed by atoms with E-state index in [1.807, 2.05) is 0 Å². The Morgan fingerprint density at radius 1 is 0.629 bits per heavy atom. The van der Waals surface area contributed by atoms with E-state index in [1.54, 1.807) is 0 Å². The maximum absolute atomic E-state index is 11.8. The summed E-state index contributed by atoms with van der Waals surface area (Å²) in [5.41, 5.74) is -0.877. The van der Waals surface area contributed by atoms with Gasteiger partial charge in [0.1, 0.15) is 16.3 Å². The summed E-state index contributed by atoms with van der Waals surface area (Å²) in [7, 11) is -14.3. The van der Waals surface area contributed by atoms with Gasteiger partial charge in [-0.15, -0.1) is 5.11 Å². The fourth-order valence-corrected chi connectivity index (χ4v) is 4.35. The molecule has 35 heavy (non-hydrogen) atoms. The summed E-state index contributed by atoms with van der Waals surface area (Å²) in [5.74, 6) is -1.85. The van der Waals surface area contributed by atoms with Gasteiger partial charge >= 0.3 is 88.7 Å². The summed E-state index contributed by atoms with van der Waals surface area (Å²) in [4.78, 5) is -2.27. The minimum atomic E-state index is -5.06. The van der Waals surface area contributed by atoms with Crippen molar-refractivity contribution in [3.05, 3.63) is 42.5 Å². The first kappa shape index (κ1) is 34.9. The number of phenolic OH excluding ortho intramolecular Hbond substituents is 2. The summed E-state index contributed by atoms with van der Waals surface area (Å²) in [6.45, 7) is 0. The zero-order valence-electron chi connectivity index (χ0n) is 18.3. The Labute approximate surface area is 265 Å². The van der Waals surface area contributed by atoms with E-state index in [9.17, 15) is 40.0 Å². The molecule has 0 unspecified atom stereocenters. The molecule has 0 aliphatic rings. The number of nitrogens with zero attached hydrogens (tertiary/aromatic N) is 2. The SMILES string of the molecule is O=S(=O)(O)c1ccc(N=Nc2c(S(=O)(=O)O)cc3cc(S(=O)(=O)O)cc(O)c3c2O)cc1.[Na+].[Na+].[Na+]. The van der Waals surface area contributed by atoms with Crippen molar-refractivity contribution in [2.24, 2.45) is 10.2 Å². The fourth-order valence-electron chi connectivity index (χ4n) is 2.67. The van der Waals surface area contributed by atoms with Crippen LogP contribution in [0.15, 0.2) is 67.4 Å². The molecule has 5 N–H and O–H groups in total. The summed E-state index contributed by atoms with van der Waals surface area (Å²) < 4.78 is 96.0. The second kappa shape index (κ2) is 12.6. The molecule has 0 aromatic heterocycles. The Morgan fingerprint density at radius 2 is 1.14 bits per heavy atom. The fraction of sp³-hybridized carbons (Fsp3) is 0. The molecular formula is C16H12N2Na3O11S3+3. The molecule has 0 saturated heterocycles. The summed E-state index contributed by atoms with van der Waals surface area (Å²) in [5, 5.41) is 26.9. The Hall–Kier alpha value is -0.150. The van der Waals surface area contributed by atoms with Gasteiger partial charge in [0.2, 0.25) is 0 Å². The largest absolute Gasteiger partial charge is 1.00 e. The third kappa shape index (κ3) is 8.17. The van der Waals surface area contributed by atoms with Crippen molar-refractivity contribution in [1.29, 1.82) is 0 Å². The van der Waals surface area contributed by atoms with Gasteiger partial charge in [-0.3, -0.25) is 13.7 Å². The van der Waals surface area contributed by atoms with Crippen molar-refractivity contribution in [1.82, 2.24) is 0 Å². The zero-order chi connectivity index (χ0) is 24.1. The van der Waals surface area contributed by atoms with E-state index in [0.717, 1.165) is 30.3 Å². The van der Waals surface area contributed by atoms with E-state index in [2.05, 4.69) is 10.2 Å². The molecule has 3 rings (SSSR count). The molecule has 0 fully saturated rings.